The molecule has 0 radical (unpaired) electrons. The van der Waals surface area contributed by atoms with Crippen molar-refractivity contribution in [2.24, 2.45) is 0 Å². The van der Waals surface area contributed by atoms with E-state index in [0.29, 0.717) is 34.1 Å². The number of imidazole rings is 1. The second kappa shape index (κ2) is 9.60. The van der Waals surface area contributed by atoms with Crippen molar-refractivity contribution >= 4 is 12.0 Å². The van der Waals surface area contributed by atoms with Crippen molar-refractivity contribution in [2.45, 2.75) is 6.54 Å². The standard InChI is InChI=1S/C22H22FN3O4/c1-28-19-11-15(12-20(29-2)22(19)30-3)5-7-21(27)25-13-16-4-6-18(17(23)10-16)26-9-8-24-14-26/h4-12,14H,13H2,1-3H3,(H,25,27). The molecule has 1 heterocycles. The molecule has 0 spiro atoms. The lowest BCUT2D eigenvalue weighted by atomic mass is 10.1. The molecule has 1 amide bonds. The van der Waals surface area contributed by atoms with Gasteiger partial charge in [0.15, 0.2) is 11.5 Å². The summed E-state index contributed by atoms with van der Waals surface area (Å²) in [6.07, 6.45) is 7.77. The third-order valence-electron chi connectivity index (χ3n) is 4.38. The van der Waals surface area contributed by atoms with Crippen LogP contribution in [0.25, 0.3) is 11.8 Å². The lowest BCUT2D eigenvalue weighted by Crippen LogP contribution is -2.20. The second-order valence-corrected chi connectivity index (χ2v) is 6.27. The Morgan fingerprint density at radius 3 is 2.43 bits per heavy atom. The predicted molar refractivity (Wildman–Crippen MR) is 111 cm³/mol. The van der Waals surface area contributed by atoms with Gasteiger partial charge in [0.25, 0.3) is 0 Å². The van der Waals surface area contributed by atoms with E-state index >= 15 is 0 Å². The van der Waals surface area contributed by atoms with Crippen LogP contribution in [0.5, 0.6) is 17.2 Å². The first-order valence-electron chi connectivity index (χ1n) is 9.08. The molecule has 2 aromatic carbocycles. The topological polar surface area (TPSA) is 74.6 Å². The van der Waals surface area contributed by atoms with Crippen LogP contribution in [0.4, 0.5) is 4.39 Å². The third kappa shape index (κ3) is 4.78. The van der Waals surface area contributed by atoms with Gasteiger partial charge < -0.3 is 24.1 Å². The van der Waals surface area contributed by atoms with Gasteiger partial charge in [0.1, 0.15) is 5.82 Å². The number of halogens is 1. The summed E-state index contributed by atoms with van der Waals surface area (Å²) in [4.78, 5) is 16.1. The lowest BCUT2D eigenvalue weighted by molar-refractivity contribution is -0.116. The molecular weight excluding hydrogens is 389 g/mol. The number of ether oxygens (including phenoxy) is 3. The van der Waals surface area contributed by atoms with E-state index in [2.05, 4.69) is 10.3 Å². The molecule has 8 heteroatoms. The number of amides is 1. The molecule has 3 rings (SSSR count). The zero-order valence-electron chi connectivity index (χ0n) is 16.9. The maximum atomic E-state index is 14.3. The van der Waals surface area contributed by atoms with E-state index in [0.717, 1.165) is 0 Å². The number of nitrogens with one attached hydrogen (secondary N) is 1. The first kappa shape index (κ1) is 20.9. The van der Waals surface area contributed by atoms with Gasteiger partial charge in [-0.3, -0.25) is 4.79 Å². The fourth-order valence-electron chi connectivity index (χ4n) is 2.89. The van der Waals surface area contributed by atoms with Crippen molar-refractivity contribution in [3.05, 3.63) is 72.1 Å². The lowest BCUT2D eigenvalue weighted by Gasteiger charge is -2.12. The Morgan fingerprint density at radius 2 is 1.87 bits per heavy atom. The molecule has 0 fully saturated rings. The highest BCUT2D eigenvalue weighted by atomic mass is 19.1. The molecule has 0 atom stereocenters. The van der Waals surface area contributed by atoms with Gasteiger partial charge in [0.2, 0.25) is 11.7 Å². The maximum absolute atomic E-state index is 14.3. The van der Waals surface area contributed by atoms with Crippen molar-refractivity contribution in [2.75, 3.05) is 21.3 Å². The molecule has 0 aliphatic heterocycles. The van der Waals surface area contributed by atoms with Gasteiger partial charge in [0.05, 0.1) is 33.3 Å². The number of rotatable bonds is 8. The SMILES string of the molecule is COc1cc(C=CC(=O)NCc2ccc(-n3ccnc3)c(F)c2)cc(OC)c1OC. The summed E-state index contributed by atoms with van der Waals surface area (Å²) in [6.45, 7) is 0.194. The highest BCUT2D eigenvalue weighted by molar-refractivity contribution is 5.91. The molecule has 0 aliphatic carbocycles. The van der Waals surface area contributed by atoms with Gasteiger partial charge in [-0.2, -0.15) is 0 Å². The average Bonchev–Trinajstić information content (AvgIpc) is 3.30. The molecule has 1 aromatic heterocycles. The van der Waals surface area contributed by atoms with Crippen molar-refractivity contribution in [1.29, 1.82) is 0 Å². The van der Waals surface area contributed by atoms with Gasteiger partial charge >= 0.3 is 0 Å². The van der Waals surface area contributed by atoms with Crippen molar-refractivity contribution < 1.29 is 23.4 Å². The summed E-state index contributed by atoms with van der Waals surface area (Å²) in [5, 5.41) is 2.73. The minimum Gasteiger partial charge on any atom is -0.493 e. The Morgan fingerprint density at radius 1 is 1.13 bits per heavy atom. The third-order valence-corrected chi connectivity index (χ3v) is 4.38. The molecule has 3 aromatic rings. The molecule has 7 nitrogen and oxygen atoms in total. The number of carbonyl (C=O) groups excluding carboxylic acids is 1. The molecular formula is C22H22FN3O4. The molecule has 1 N–H and O–H groups in total. The number of hydrogen-bond donors (Lipinski definition) is 1. The highest BCUT2D eigenvalue weighted by Gasteiger charge is 2.12. The Balaban J connectivity index is 1.65. The fraction of sp³-hybridized carbons (Fsp3) is 0.182. The summed E-state index contributed by atoms with van der Waals surface area (Å²) in [7, 11) is 4.57. The monoisotopic (exact) mass is 411 g/mol. The van der Waals surface area contributed by atoms with Crippen molar-refractivity contribution in [1.82, 2.24) is 14.9 Å². The average molecular weight is 411 g/mol. The van der Waals surface area contributed by atoms with Crippen molar-refractivity contribution in [3.8, 4) is 22.9 Å². The van der Waals surface area contributed by atoms with Crippen LogP contribution < -0.4 is 19.5 Å². The molecule has 0 aliphatic rings. The molecule has 0 saturated carbocycles. The van der Waals surface area contributed by atoms with Gasteiger partial charge in [-0.25, -0.2) is 9.37 Å². The predicted octanol–water partition coefficient (Wildman–Crippen LogP) is 3.37. The Labute approximate surface area is 173 Å². The van der Waals surface area contributed by atoms with Gasteiger partial charge in [-0.1, -0.05) is 6.07 Å². The van der Waals surface area contributed by atoms with Crippen LogP contribution in [-0.2, 0) is 11.3 Å². The first-order chi connectivity index (χ1) is 14.5. The second-order valence-electron chi connectivity index (χ2n) is 6.27. The van der Waals surface area contributed by atoms with E-state index in [4.69, 9.17) is 14.2 Å². The van der Waals surface area contributed by atoms with E-state index in [9.17, 15) is 9.18 Å². The Bertz CT molecular complexity index is 1020. The smallest absolute Gasteiger partial charge is 0.244 e. The van der Waals surface area contributed by atoms with Crippen LogP contribution in [0.3, 0.4) is 0 Å². The first-order valence-corrected chi connectivity index (χ1v) is 9.08. The normalized spacial score (nSPS) is 10.8. The molecule has 0 unspecified atom stereocenters. The van der Waals surface area contributed by atoms with E-state index in [1.54, 1.807) is 47.3 Å². The summed E-state index contributed by atoms with van der Waals surface area (Å²) in [5.41, 5.74) is 1.74. The van der Waals surface area contributed by atoms with Crippen LogP contribution in [0.15, 0.2) is 55.1 Å². The zero-order valence-corrected chi connectivity index (χ0v) is 16.9. The van der Waals surface area contributed by atoms with Crippen LogP contribution in [-0.4, -0.2) is 36.8 Å². The summed E-state index contributed by atoms with van der Waals surface area (Å²) >= 11 is 0. The summed E-state index contributed by atoms with van der Waals surface area (Å²) in [6, 6.07) is 8.25. The van der Waals surface area contributed by atoms with Gasteiger partial charge in [-0.15, -0.1) is 0 Å². The fourth-order valence-corrected chi connectivity index (χ4v) is 2.89. The molecule has 0 saturated heterocycles. The van der Waals surface area contributed by atoms with Crippen LogP contribution >= 0.6 is 0 Å². The Hall–Kier alpha value is -3.81. The zero-order chi connectivity index (χ0) is 21.5. The minimum atomic E-state index is -0.396. The Kier molecular flexibility index (Phi) is 6.69. The van der Waals surface area contributed by atoms with Crippen LogP contribution in [0.2, 0.25) is 0 Å². The van der Waals surface area contributed by atoms with E-state index in [-0.39, 0.29) is 12.5 Å². The number of methoxy groups -OCH3 is 3. The van der Waals surface area contributed by atoms with Crippen molar-refractivity contribution in [3.63, 3.8) is 0 Å². The maximum Gasteiger partial charge on any atom is 0.244 e. The van der Waals surface area contributed by atoms with Crippen LogP contribution in [0, 0.1) is 5.82 Å². The summed E-state index contributed by atoms with van der Waals surface area (Å²) in [5.74, 6) is 0.744. The van der Waals surface area contributed by atoms with E-state index < -0.39 is 5.82 Å². The van der Waals surface area contributed by atoms with E-state index in [1.165, 1.54) is 39.8 Å². The van der Waals surface area contributed by atoms with Gasteiger partial charge in [-0.05, 0) is 41.5 Å². The number of nitrogens with zero attached hydrogens (tertiary/aromatic N) is 2. The summed E-state index contributed by atoms with van der Waals surface area (Å²) < 4.78 is 31.8. The number of aromatic nitrogens is 2. The quantitative estimate of drug-likeness (QED) is 0.576. The molecule has 30 heavy (non-hydrogen) atoms. The highest BCUT2D eigenvalue weighted by Crippen LogP contribution is 2.38. The van der Waals surface area contributed by atoms with Gasteiger partial charge in [0, 0.05) is 25.0 Å². The molecule has 156 valence electrons. The largest absolute Gasteiger partial charge is 0.493 e. The molecule has 0 bridgehead atoms. The number of carbonyl (C=O) groups is 1. The van der Waals surface area contributed by atoms with Crippen LogP contribution in [0.1, 0.15) is 11.1 Å². The number of hydrogen-bond acceptors (Lipinski definition) is 5. The van der Waals surface area contributed by atoms with E-state index in [1.807, 2.05) is 0 Å². The number of benzene rings is 2. The minimum absolute atomic E-state index is 0.194.